The molecule has 0 amide bonds. The molecular formula is C21H14ClN5O. The minimum atomic E-state index is 0.284. The molecule has 7 heteroatoms. The molecule has 136 valence electrons. The van der Waals surface area contributed by atoms with Crippen LogP contribution in [0.25, 0.3) is 17.1 Å². The molecule has 2 aromatic heterocycles. The van der Waals surface area contributed by atoms with Gasteiger partial charge in [0.2, 0.25) is 0 Å². The van der Waals surface area contributed by atoms with E-state index in [1.807, 2.05) is 57.7 Å². The predicted octanol–water partition coefficient (Wildman–Crippen LogP) is 3.71. The highest BCUT2D eigenvalue weighted by Crippen LogP contribution is 2.34. The molecule has 0 radical (unpaired) electrons. The Labute approximate surface area is 166 Å². The molecule has 0 bridgehead atoms. The molecule has 1 aliphatic rings. The van der Waals surface area contributed by atoms with Crippen LogP contribution in [0.4, 0.5) is 0 Å². The average molecular weight is 388 g/mol. The number of halogens is 1. The lowest BCUT2D eigenvalue weighted by atomic mass is 10.1. The molecule has 0 saturated carbocycles. The van der Waals surface area contributed by atoms with Gasteiger partial charge in [0.25, 0.3) is 0 Å². The van der Waals surface area contributed by atoms with Gasteiger partial charge in [0.15, 0.2) is 11.6 Å². The molecule has 0 spiro atoms. The summed E-state index contributed by atoms with van der Waals surface area (Å²) < 4.78 is 9.87. The molecule has 0 N–H and O–H groups in total. The molecular weight excluding hydrogens is 374 g/mol. The summed E-state index contributed by atoms with van der Waals surface area (Å²) in [6.45, 7) is 0.772. The second-order valence-corrected chi connectivity index (χ2v) is 6.78. The molecule has 2 aromatic carbocycles. The third kappa shape index (κ3) is 2.65. The fourth-order valence-electron chi connectivity index (χ4n) is 3.37. The van der Waals surface area contributed by atoms with Crippen LogP contribution in [0.1, 0.15) is 17.2 Å². The predicted molar refractivity (Wildman–Crippen MR) is 105 cm³/mol. The molecule has 0 atom stereocenters. The quantitative estimate of drug-likeness (QED) is 0.443. The van der Waals surface area contributed by atoms with Gasteiger partial charge in [-0.25, -0.2) is 4.98 Å². The van der Waals surface area contributed by atoms with Crippen molar-refractivity contribution in [3.63, 3.8) is 0 Å². The Morgan fingerprint density at radius 1 is 1.14 bits per heavy atom. The Morgan fingerprint density at radius 2 is 2.00 bits per heavy atom. The number of para-hydroxylation sites is 1. The van der Waals surface area contributed by atoms with Gasteiger partial charge in [0.1, 0.15) is 24.4 Å². The number of imidazole rings is 1. The molecule has 0 fully saturated rings. The van der Waals surface area contributed by atoms with Crippen molar-refractivity contribution in [3.8, 4) is 35.2 Å². The van der Waals surface area contributed by atoms with Gasteiger partial charge in [-0.1, -0.05) is 29.8 Å². The van der Waals surface area contributed by atoms with E-state index in [1.54, 1.807) is 6.33 Å². The van der Waals surface area contributed by atoms with Crippen LogP contribution in [0.5, 0.6) is 5.75 Å². The largest absolute Gasteiger partial charge is 0.486 e. The maximum absolute atomic E-state index is 6.26. The minimum absolute atomic E-state index is 0.284. The molecule has 0 unspecified atom stereocenters. The summed E-state index contributed by atoms with van der Waals surface area (Å²) in [4.78, 5) is 4.37. The first-order valence-corrected chi connectivity index (χ1v) is 9.05. The van der Waals surface area contributed by atoms with Gasteiger partial charge in [0.05, 0.1) is 17.9 Å². The van der Waals surface area contributed by atoms with Crippen LogP contribution in [0.3, 0.4) is 0 Å². The number of ether oxygens (including phenoxy) is 1. The van der Waals surface area contributed by atoms with Gasteiger partial charge in [-0.2, -0.15) is 0 Å². The molecule has 1 aliphatic heterocycles. The van der Waals surface area contributed by atoms with Crippen LogP contribution < -0.4 is 4.74 Å². The first-order valence-electron chi connectivity index (χ1n) is 8.67. The van der Waals surface area contributed by atoms with Crippen LogP contribution in [-0.2, 0) is 13.2 Å². The second-order valence-electron chi connectivity index (χ2n) is 6.34. The van der Waals surface area contributed by atoms with Crippen LogP contribution in [0.15, 0.2) is 54.9 Å². The van der Waals surface area contributed by atoms with Crippen LogP contribution in [0, 0.1) is 12.3 Å². The maximum atomic E-state index is 6.26. The van der Waals surface area contributed by atoms with Crippen molar-refractivity contribution in [2.75, 3.05) is 0 Å². The smallest absolute Gasteiger partial charge is 0.171 e. The summed E-state index contributed by atoms with van der Waals surface area (Å²) in [5, 5.41) is 9.40. The Bertz CT molecular complexity index is 1220. The van der Waals surface area contributed by atoms with Crippen molar-refractivity contribution in [3.05, 3.63) is 77.1 Å². The molecule has 4 aromatic rings. The number of rotatable bonds is 3. The zero-order chi connectivity index (χ0) is 19.1. The Balaban J connectivity index is 1.63. The second kappa shape index (κ2) is 6.55. The minimum Gasteiger partial charge on any atom is -0.486 e. The summed E-state index contributed by atoms with van der Waals surface area (Å²) in [5.41, 5.74) is 3.27. The van der Waals surface area contributed by atoms with Crippen LogP contribution in [0.2, 0.25) is 5.02 Å². The van der Waals surface area contributed by atoms with E-state index >= 15 is 0 Å². The lowest BCUT2D eigenvalue weighted by molar-refractivity contribution is 0.290. The van der Waals surface area contributed by atoms with Gasteiger partial charge in [0, 0.05) is 10.6 Å². The third-order valence-electron chi connectivity index (χ3n) is 4.71. The highest BCUT2D eigenvalue weighted by molar-refractivity contribution is 6.31. The average Bonchev–Trinajstić information content (AvgIpc) is 3.28. The summed E-state index contributed by atoms with van der Waals surface area (Å²) in [5.74, 6) is 4.85. The van der Waals surface area contributed by atoms with Gasteiger partial charge < -0.3 is 9.30 Å². The monoisotopic (exact) mass is 387 g/mol. The number of nitrogens with zero attached hydrogens (tertiary/aromatic N) is 5. The Morgan fingerprint density at radius 3 is 2.82 bits per heavy atom. The number of aromatic nitrogens is 5. The fourth-order valence-corrected chi connectivity index (χ4v) is 3.54. The fraction of sp³-hybridized carbons (Fsp3) is 0.0952. The Kier molecular flexibility index (Phi) is 3.89. The lowest BCUT2D eigenvalue weighted by Crippen LogP contribution is -2.10. The van der Waals surface area contributed by atoms with Gasteiger partial charge in [-0.05, 0) is 36.3 Å². The SMILES string of the molecule is C#Cc1ncn2c1Cn1c(COc3ccccc3)nnc1-c1cc(Cl)ccc1-2. The first kappa shape index (κ1) is 16.6. The van der Waals surface area contributed by atoms with E-state index in [0.717, 1.165) is 28.5 Å². The zero-order valence-electron chi connectivity index (χ0n) is 14.7. The lowest BCUT2D eigenvalue weighted by Gasteiger charge is -2.09. The number of fused-ring (bicyclic) bond motifs is 5. The maximum Gasteiger partial charge on any atom is 0.171 e. The normalized spacial score (nSPS) is 11.7. The highest BCUT2D eigenvalue weighted by Gasteiger charge is 2.25. The molecule has 5 rings (SSSR count). The summed E-state index contributed by atoms with van der Waals surface area (Å²) in [7, 11) is 0. The van der Waals surface area contributed by atoms with E-state index in [-0.39, 0.29) is 6.61 Å². The first-order chi connectivity index (χ1) is 13.7. The number of hydrogen-bond acceptors (Lipinski definition) is 4. The number of benzene rings is 2. The van der Waals surface area contributed by atoms with Crippen LogP contribution >= 0.6 is 11.6 Å². The topological polar surface area (TPSA) is 57.8 Å². The van der Waals surface area contributed by atoms with E-state index < -0.39 is 0 Å². The molecule has 3 heterocycles. The van der Waals surface area contributed by atoms with Crippen molar-refractivity contribution in [2.24, 2.45) is 0 Å². The molecule has 0 saturated heterocycles. The zero-order valence-corrected chi connectivity index (χ0v) is 15.5. The molecule has 0 aliphatic carbocycles. The highest BCUT2D eigenvalue weighted by atomic mass is 35.5. The number of hydrogen-bond donors (Lipinski definition) is 0. The van der Waals surface area contributed by atoms with E-state index in [2.05, 4.69) is 21.1 Å². The van der Waals surface area contributed by atoms with Gasteiger partial charge in [-0.15, -0.1) is 16.6 Å². The van der Waals surface area contributed by atoms with E-state index in [9.17, 15) is 0 Å². The van der Waals surface area contributed by atoms with E-state index in [4.69, 9.17) is 22.8 Å². The van der Waals surface area contributed by atoms with Gasteiger partial charge in [-0.3, -0.25) is 4.57 Å². The standard InChI is InChI=1S/C21H14ClN5O/c1-2-17-19-11-26-20(12-28-15-6-4-3-5-7-15)24-25-21(26)16-10-14(22)8-9-18(16)27(19)13-23-17/h1,3-10,13H,11-12H2. The van der Waals surface area contributed by atoms with E-state index in [1.165, 1.54) is 0 Å². The number of terminal acetylenes is 1. The molecule has 6 nitrogen and oxygen atoms in total. The summed E-state index contributed by atoms with van der Waals surface area (Å²) >= 11 is 6.26. The molecule has 28 heavy (non-hydrogen) atoms. The Hall–Kier alpha value is -3.56. The summed E-state index contributed by atoms with van der Waals surface area (Å²) in [6.07, 6.45) is 7.40. The van der Waals surface area contributed by atoms with Crippen molar-refractivity contribution < 1.29 is 4.74 Å². The third-order valence-corrected chi connectivity index (χ3v) is 4.94. The van der Waals surface area contributed by atoms with Crippen LogP contribution in [-0.4, -0.2) is 24.3 Å². The van der Waals surface area contributed by atoms with E-state index in [0.29, 0.717) is 23.1 Å². The van der Waals surface area contributed by atoms with Crippen molar-refractivity contribution >= 4 is 11.6 Å². The van der Waals surface area contributed by atoms with Crippen molar-refractivity contribution in [1.82, 2.24) is 24.3 Å². The van der Waals surface area contributed by atoms with Gasteiger partial charge >= 0.3 is 0 Å². The van der Waals surface area contributed by atoms with Crippen molar-refractivity contribution in [1.29, 1.82) is 0 Å². The van der Waals surface area contributed by atoms with Crippen molar-refractivity contribution in [2.45, 2.75) is 13.2 Å². The summed E-state index contributed by atoms with van der Waals surface area (Å²) in [6, 6.07) is 15.3.